The zero-order chi connectivity index (χ0) is 20.7. The van der Waals surface area contributed by atoms with E-state index in [1.165, 1.54) is 0 Å². The first-order chi connectivity index (χ1) is 13.1. The number of nitrogens with zero attached hydrogens (tertiary/aromatic N) is 3. The first-order valence-electron chi connectivity index (χ1n) is 8.70. The molecule has 1 amide bonds. The number of fused-ring (bicyclic) bond motifs is 1. The Hall–Kier alpha value is -2.77. The summed E-state index contributed by atoms with van der Waals surface area (Å²) in [5, 5.41) is 10.6. The molecule has 1 aliphatic carbocycles. The normalized spacial score (nSPS) is 18.7. The molecule has 2 aromatic rings. The van der Waals surface area contributed by atoms with Gasteiger partial charge in [-0.3, -0.25) is 19.4 Å². The number of nitrogens with two attached hydrogens (primary N) is 2. The number of carbonyl (C=O) groups is 1. The van der Waals surface area contributed by atoms with Crippen molar-refractivity contribution in [2.45, 2.75) is 25.7 Å². The number of hydrogen-bond acceptors (Lipinski definition) is 6. The first kappa shape index (κ1) is 24.3. The standard InChI is InChI=1S/C15H21N7O.CH4O3S.H2O/c16-15(17)19-7-9-1-3-10(4-2-9)14(23)21-12-5-6-18-13-11(12)8-20-22-13;1-5(2,3)4;/h5-6,8-10H,1-4,7H2,(H4,16,17,19)(H2,18,20,21,22,23);1H3,(H,2,3,4);1H2. The van der Waals surface area contributed by atoms with Crippen LogP contribution in [0.15, 0.2) is 23.5 Å². The van der Waals surface area contributed by atoms with E-state index in [2.05, 4.69) is 25.5 Å². The number of aliphatic imine (C=N–C) groups is 1. The molecule has 9 N–H and O–H groups in total. The predicted molar refractivity (Wildman–Crippen MR) is 110 cm³/mol. The Morgan fingerprint density at radius 1 is 1.34 bits per heavy atom. The number of hydrogen-bond donors (Lipinski definition) is 5. The molecule has 0 radical (unpaired) electrons. The van der Waals surface area contributed by atoms with Gasteiger partial charge in [0.15, 0.2) is 11.6 Å². The summed E-state index contributed by atoms with van der Waals surface area (Å²) < 4.78 is 25.9. The molecule has 0 atom stereocenters. The van der Waals surface area contributed by atoms with Crippen molar-refractivity contribution in [1.82, 2.24) is 15.2 Å². The molecule has 2 heterocycles. The van der Waals surface area contributed by atoms with E-state index in [0.717, 1.165) is 36.8 Å². The SMILES string of the molecule is CS(=O)(=O)O.NC(N)=NCC1CCC(C(=O)Nc2ccnc3[nH]ncc23)CC1.O. The number of guanidine groups is 1. The van der Waals surface area contributed by atoms with Crippen molar-refractivity contribution in [1.29, 1.82) is 0 Å². The molecule has 0 spiro atoms. The van der Waals surface area contributed by atoms with E-state index in [9.17, 15) is 13.2 Å². The van der Waals surface area contributed by atoms with Crippen LogP contribution in [0.5, 0.6) is 0 Å². The second-order valence-corrected chi connectivity index (χ2v) is 8.16. The third-order valence-electron chi connectivity index (χ3n) is 4.36. The van der Waals surface area contributed by atoms with Gasteiger partial charge in [-0.25, -0.2) is 4.98 Å². The molecule has 3 rings (SSSR count). The molecule has 0 bridgehead atoms. The molecule has 1 saturated carbocycles. The minimum Gasteiger partial charge on any atom is -0.412 e. The highest BCUT2D eigenvalue weighted by Gasteiger charge is 2.26. The van der Waals surface area contributed by atoms with Crippen LogP contribution in [0.25, 0.3) is 11.0 Å². The van der Waals surface area contributed by atoms with Gasteiger partial charge in [-0.2, -0.15) is 13.5 Å². The van der Waals surface area contributed by atoms with Gasteiger partial charge in [0.25, 0.3) is 10.1 Å². The first-order valence-corrected chi connectivity index (χ1v) is 10.5. The number of carbonyl (C=O) groups excluding carboxylic acids is 1. The minimum absolute atomic E-state index is 0. The fourth-order valence-electron chi connectivity index (χ4n) is 3.04. The summed E-state index contributed by atoms with van der Waals surface area (Å²) in [7, 11) is -3.67. The molecule has 1 aliphatic rings. The number of aromatic amines is 1. The molecule has 162 valence electrons. The summed E-state index contributed by atoms with van der Waals surface area (Å²) in [5.41, 5.74) is 12.1. The second-order valence-electron chi connectivity index (χ2n) is 6.70. The molecule has 1 fully saturated rings. The fourth-order valence-corrected chi connectivity index (χ4v) is 3.04. The lowest BCUT2D eigenvalue weighted by Crippen LogP contribution is -2.29. The van der Waals surface area contributed by atoms with E-state index in [-0.39, 0.29) is 23.3 Å². The Labute approximate surface area is 168 Å². The van der Waals surface area contributed by atoms with E-state index in [1.807, 2.05) is 0 Å². The average molecular weight is 430 g/mol. The molecule has 29 heavy (non-hydrogen) atoms. The van der Waals surface area contributed by atoms with Gasteiger partial charge in [-0.15, -0.1) is 0 Å². The van der Waals surface area contributed by atoms with Crippen molar-refractivity contribution in [3.05, 3.63) is 18.5 Å². The van der Waals surface area contributed by atoms with Crippen molar-refractivity contribution in [2.75, 3.05) is 18.1 Å². The molecule has 13 heteroatoms. The van der Waals surface area contributed by atoms with Gasteiger partial charge in [0.2, 0.25) is 5.91 Å². The second kappa shape index (κ2) is 10.7. The summed E-state index contributed by atoms with van der Waals surface area (Å²) in [4.78, 5) is 20.7. The third kappa shape index (κ3) is 8.41. The lowest BCUT2D eigenvalue weighted by atomic mass is 9.81. The van der Waals surface area contributed by atoms with Crippen LogP contribution >= 0.6 is 0 Å². The molecule has 12 nitrogen and oxygen atoms in total. The molecule has 0 saturated heterocycles. The van der Waals surface area contributed by atoms with Crippen LogP contribution in [0.2, 0.25) is 0 Å². The number of aromatic nitrogens is 3. The summed E-state index contributed by atoms with van der Waals surface area (Å²) >= 11 is 0. The number of pyridine rings is 1. The maximum absolute atomic E-state index is 12.5. The molecule has 0 aromatic carbocycles. The number of H-pyrrole nitrogens is 1. The van der Waals surface area contributed by atoms with E-state index < -0.39 is 10.1 Å². The largest absolute Gasteiger partial charge is 0.412 e. The zero-order valence-corrected chi connectivity index (χ0v) is 16.8. The summed E-state index contributed by atoms with van der Waals surface area (Å²) in [6, 6.07) is 1.79. The van der Waals surface area contributed by atoms with Crippen LogP contribution < -0.4 is 16.8 Å². The summed E-state index contributed by atoms with van der Waals surface area (Å²) in [5.74, 6) is 0.675. The third-order valence-corrected chi connectivity index (χ3v) is 4.36. The minimum atomic E-state index is -3.67. The van der Waals surface area contributed by atoms with Crippen LogP contribution in [0.1, 0.15) is 25.7 Å². The Bertz CT molecular complexity index is 924. The van der Waals surface area contributed by atoms with Gasteiger partial charge in [-0.05, 0) is 37.7 Å². The number of nitrogens with one attached hydrogen (secondary N) is 2. The highest BCUT2D eigenvalue weighted by Crippen LogP contribution is 2.30. The van der Waals surface area contributed by atoms with E-state index in [4.69, 9.17) is 16.0 Å². The Morgan fingerprint density at radius 3 is 2.55 bits per heavy atom. The van der Waals surface area contributed by atoms with Crippen LogP contribution in [0, 0.1) is 11.8 Å². The van der Waals surface area contributed by atoms with Gasteiger partial charge in [0, 0.05) is 18.7 Å². The van der Waals surface area contributed by atoms with Crippen molar-refractivity contribution in [3.8, 4) is 0 Å². The topological polar surface area (TPSA) is 221 Å². The maximum atomic E-state index is 12.5. The molecule has 0 aliphatic heterocycles. The molecule has 0 unspecified atom stereocenters. The zero-order valence-electron chi connectivity index (χ0n) is 16.0. The average Bonchev–Trinajstić information content (AvgIpc) is 3.09. The van der Waals surface area contributed by atoms with Gasteiger partial charge >= 0.3 is 0 Å². The smallest absolute Gasteiger partial charge is 0.261 e. The highest BCUT2D eigenvalue weighted by atomic mass is 32.2. The molecular weight excluding hydrogens is 402 g/mol. The van der Waals surface area contributed by atoms with Crippen molar-refractivity contribution in [3.63, 3.8) is 0 Å². The van der Waals surface area contributed by atoms with Gasteiger partial charge in [0.1, 0.15) is 0 Å². The number of rotatable bonds is 4. The van der Waals surface area contributed by atoms with Crippen molar-refractivity contribution in [2.24, 2.45) is 28.3 Å². The number of anilines is 1. The number of amides is 1. The van der Waals surface area contributed by atoms with Crippen LogP contribution in [0.3, 0.4) is 0 Å². The van der Waals surface area contributed by atoms with Crippen LogP contribution in [-0.2, 0) is 14.9 Å². The maximum Gasteiger partial charge on any atom is 0.261 e. The highest BCUT2D eigenvalue weighted by molar-refractivity contribution is 7.85. The summed E-state index contributed by atoms with van der Waals surface area (Å²) in [6.07, 6.45) is 7.68. The Balaban J connectivity index is 0.000000628. The van der Waals surface area contributed by atoms with Gasteiger partial charge in [-0.1, -0.05) is 0 Å². The van der Waals surface area contributed by atoms with E-state index in [0.29, 0.717) is 24.4 Å². The van der Waals surface area contributed by atoms with Crippen molar-refractivity contribution >= 4 is 38.7 Å². The van der Waals surface area contributed by atoms with Crippen molar-refractivity contribution < 1.29 is 23.2 Å². The predicted octanol–water partition coefficient (Wildman–Crippen LogP) is -0.344. The monoisotopic (exact) mass is 429 g/mol. The van der Waals surface area contributed by atoms with Crippen LogP contribution in [-0.4, -0.2) is 58.3 Å². The van der Waals surface area contributed by atoms with E-state index >= 15 is 0 Å². The molecular formula is C16H27N7O5S. The quantitative estimate of drug-likeness (QED) is 0.245. The van der Waals surface area contributed by atoms with Gasteiger partial charge < -0.3 is 22.3 Å². The fraction of sp³-hybridized carbons (Fsp3) is 0.500. The summed E-state index contributed by atoms with van der Waals surface area (Å²) in [6.45, 7) is 0.649. The Kier molecular flexibility index (Phi) is 8.94. The van der Waals surface area contributed by atoms with Crippen LogP contribution in [0.4, 0.5) is 5.69 Å². The van der Waals surface area contributed by atoms with E-state index in [1.54, 1.807) is 18.5 Å². The molecule has 2 aromatic heterocycles. The van der Waals surface area contributed by atoms with Gasteiger partial charge in [0.05, 0.1) is 23.5 Å². The lowest BCUT2D eigenvalue weighted by molar-refractivity contribution is -0.121. The lowest BCUT2D eigenvalue weighted by Gasteiger charge is -2.26. The Morgan fingerprint density at radius 2 is 1.97 bits per heavy atom.